The van der Waals surface area contributed by atoms with E-state index in [9.17, 15) is 9.18 Å². The molecule has 2 aliphatic rings. The summed E-state index contributed by atoms with van der Waals surface area (Å²) in [5, 5.41) is 4.19. The molecular weight excluding hydrogens is 447 g/mol. The molecule has 0 bridgehead atoms. The van der Waals surface area contributed by atoms with Gasteiger partial charge in [-0.05, 0) is 68.4 Å². The maximum Gasteiger partial charge on any atom is 0.237 e. The Morgan fingerprint density at radius 1 is 1.31 bits per heavy atom. The van der Waals surface area contributed by atoms with Crippen LogP contribution in [0.15, 0.2) is 36.7 Å². The molecule has 0 spiro atoms. The summed E-state index contributed by atoms with van der Waals surface area (Å²) in [6.07, 6.45) is 7.81. The number of nitrogens with zero attached hydrogens (tertiary/aromatic N) is 2. The lowest BCUT2D eigenvalue weighted by Gasteiger charge is -2.41. The van der Waals surface area contributed by atoms with Gasteiger partial charge in [-0.3, -0.25) is 4.79 Å². The SMILES string of the molecule is Cc1c[nH]c2nccc(Oc3ccc(C[C@H](N)CNC4(C(N)=O)CCN(C5CC5)CC4)cc3F)c12. The lowest BCUT2D eigenvalue weighted by Crippen LogP contribution is -2.62. The number of likely N-dealkylation sites (tertiary alicyclic amines) is 1. The van der Waals surface area contributed by atoms with Crippen LogP contribution >= 0.6 is 0 Å². The van der Waals surface area contributed by atoms with E-state index in [-0.39, 0.29) is 17.7 Å². The second-order valence-corrected chi connectivity index (χ2v) is 9.93. The smallest absolute Gasteiger partial charge is 0.237 e. The molecule has 1 saturated carbocycles. The first kappa shape index (κ1) is 23.7. The quantitative estimate of drug-likeness (QED) is 0.374. The molecule has 1 saturated heterocycles. The van der Waals surface area contributed by atoms with E-state index in [1.165, 1.54) is 18.9 Å². The topological polar surface area (TPSA) is 122 Å². The molecule has 6 N–H and O–H groups in total. The van der Waals surface area contributed by atoms with Crippen molar-refractivity contribution in [2.24, 2.45) is 11.5 Å². The number of benzene rings is 1. The van der Waals surface area contributed by atoms with Crippen LogP contribution in [0.3, 0.4) is 0 Å². The summed E-state index contributed by atoms with van der Waals surface area (Å²) in [4.78, 5) is 22.1. The van der Waals surface area contributed by atoms with Crippen molar-refractivity contribution in [1.82, 2.24) is 20.2 Å². The Kier molecular flexibility index (Phi) is 6.48. The molecule has 35 heavy (non-hydrogen) atoms. The number of carbonyl (C=O) groups is 1. The van der Waals surface area contributed by atoms with Crippen LogP contribution in [0.2, 0.25) is 0 Å². The van der Waals surface area contributed by atoms with Crippen molar-refractivity contribution in [3.63, 3.8) is 0 Å². The summed E-state index contributed by atoms with van der Waals surface area (Å²) in [7, 11) is 0. The summed E-state index contributed by atoms with van der Waals surface area (Å²) in [5.74, 6) is -0.0909. The van der Waals surface area contributed by atoms with Gasteiger partial charge >= 0.3 is 0 Å². The molecule has 8 nitrogen and oxygen atoms in total. The number of nitrogens with one attached hydrogen (secondary N) is 2. The average molecular weight is 481 g/mol. The second-order valence-electron chi connectivity index (χ2n) is 9.93. The first-order valence-electron chi connectivity index (χ1n) is 12.3. The number of aromatic nitrogens is 2. The van der Waals surface area contributed by atoms with E-state index in [2.05, 4.69) is 20.2 Å². The highest BCUT2D eigenvalue weighted by Crippen LogP contribution is 2.33. The number of aromatic amines is 1. The zero-order valence-electron chi connectivity index (χ0n) is 20.0. The molecule has 186 valence electrons. The lowest BCUT2D eigenvalue weighted by atomic mass is 9.86. The number of fused-ring (bicyclic) bond motifs is 1. The molecule has 1 aromatic carbocycles. The van der Waals surface area contributed by atoms with Crippen LogP contribution in [0.5, 0.6) is 11.5 Å². The van der Waals surface area contributed by atoms with Crippen LogP contribution in [0, 0.1) is 12.7 Å². The number of rotatable bonds is 9. The minimum Gasteiger partial charge on any atom is -0.453 e. The van der Waals surface area contributed by atoms with E-state index in [1.807, 2.05) is 19.2 Å². The van der Waals surface area contributed by atoms with Crippen LogP contribution in [0.1, 0.15) is 36.8 Å². The van der Waals surface area contributed by atoms with Crippen LogP contribution in [-0.2, 0) is 11.2 Å². The fourth-order valence-corrected chi connectivity index (χ4v) is 5.06. The number of carbonyl (C=O) groups excluding carboxylic acids is 1. The number of nitrogens with two attached hydrogens (primary N) is 2. The number of pyridine rings is 1. The van der Waals surface area contributed by atoms with Crippen LogP contribution < -0.4 is 21.5 Å². The number of ether oxygens (including phenoxy) is 1. The summed E-state index contributed by atoms with van der Waals surface area (Å²) in [6.45, 7) is 4.11. The molecule has 1 aliphatic carbocycles. The fraction of sp³-hybridized carbons (Fsp3) is 0.462. The van der Waals surface area contributed by atoms with Crippen LogP contribution in [0.25, 0.3) is 11.0 Å². The Morgan fingerprint density at radius 3 is 2.77 bits per heavy atom. The Morgan fingerprint density at radius 2 is 2.09 bits per heavy atom. The number of primary amides is 1. The summed E-state index contributed by atoms with van der Waals surface area (Å²) in [6, 6.07) is 7.01. The maximum absolute atomic E-state index is 14.9. The zero-order chi connectivity index (χ0) is 24.6. The van der Waals surface area contributed by atoms with Crippen LogP contribution in [-0.4, -0.2) is 58.0 Å². The third-order valence-corrected chi connectivity index (χ3v) is 7.34. The normalized spacial score (nSPS) is 19.1. The van der Waals surface area contributed by atoms with Gasteiger partial charge in [0, 0.05) is 44.1 Å². The van der Waals surface area contributed by atoms with Crippen molar-refractivity contribution in [3.8, 4) is 11.5 Å². The van der Waals surface area contributed by atoms with Gasteiger partial charge in [0.2, 0.25) is 5.91 Å². The number of piperidine rings is 1. The summed E-state index contributed by atoms with van der Waals surface area (Å²) >= 11 is 0. The Hall–Kier alpha value is -3.01. The van der Waals surface area contributed by atoms with Gasteiger partial charge in [-0.25, -0.2) is 9.37 Å². The van der Waals surface area contributed by atoms with E-state index in [0.717, 1.165) is 29.6 Å². The molecule has 2 fully saturated rings. The third kappa shape index (κ3) is 5.03. The highest BCUT2D eigenvalue weighted by molar-refractivity contribution is 5.86. The van der Waals surface area contributed by atoms with Crippen LogP contribution in [0.4, 0.5) is 4.39 Å². The number of H-pyrrole nitrogens is 1. The van der Waals surface area contributed by atoms with Crippen molar-refractivity contribution in [2.75, 3.05) is 19.6 Å². The van der Waals surface area contributed by atoms with E-state index in [0.29, 0.717) is 43.2 Å². The number of amides is 1. The molecule has 1 atom stereocenters. The average Bonchev–Trinajstić information content (AvgIpc) is 3.62. The van der Waals surface area contributed by atoms with E-state index in [1.54, 1.807) is 18.3 Å². The largest absolute Gasteiger partial charge is 0.453 e. The third-order valence-electron chi connectivity index (χ3n) is 7.34. The lowest BCUT2D eigenvalue weighted by molar-refractivity contribution is -0.126. The second kappa shape index (κ2) is 9.56. The first-order chi connectivity index (χ1) is 16.8. The van der Waals surface area contributed by atoms with Crippen molar-refractivity contribution in [1.29, 1.82) is 0 Å². The Labute approximate surface area is 204 Å². The number of aryl methyl sites for hydroxylation is 1. The molecular formula is C26H33FN6O2. The highest BCUT2D eigenvalue weighted by atomic mass is 19.1. The highest BCUT2D eigenvalue weighted by Gasteiger charge is 2.42. The Bertz CT molecular complexity index is 1220. The van der Waals surface area contributed by atoms with Gasteiger partial charge in [0.15, 0.2) is 11.6 Å². The van der Waals surface area contributed by atoms with Crippen molar-refractivity contribution in [3.05, 3.63) is 53.6 Å². The predicted octanol–water partition coefficient (Wildman–Crippen LogP) is 2.74. The molecule has 3 aromatic rings. The van der Waals surface area contributed by atoms with E-state index in [4.69, 9.17) is 16.2 Å². The van der Waals surface area contributed by atoms with Crippen molar-refractivity contribution >= 4 is 16.9 Å². The van der Waals surface area contributed by atoms with Crippen molar-refractivity contribution in [2.45, 2.75) is 56.7 Å². The first-order valence-corrected chi connectivity index (χ1v) is 12.3. The van der Waals surface area contributed by atoms with Crippen molar-refractivity contribution < 1.29 is 13.9 Å². The molecule has 0 unspecified atom stereocenters. The molecule has 0 radical (unpaired) electrons. The van der Waals surface area contributed by atoms with E-state index >= 15 is 0 Å². The van der Waals surface area contributed by atoms with Gasteiger partial charge in [-0.1, -0.05) is 6.07 Å². The van der Waals surface area contributed by atoms with Gasteiger partial charge in [0.25, 0.3) is 0 Å². The molecule has 2 aromatic heterocycles. The minimum absolute atomic E-state index is 0.142. The fourth-order valence-electron chi connectivity index (χ4n) is 5.06. The van der Waals surface area contributed by atoms with Gasteiger partial charge in [-0.15, -0.1) is 0 Å². The van der Waals surface area contributed by atoms with Gasteiger partial charge in [0.05, 0.1) is 5.39 Å². The van der Waals surface area contributed by atoms with Gasteiger partial charge in [-0.2, -0.15) is 0 Å². The van der Waals surface area contributed by atoms with Gasteiger partial charge in [0.1, 0.15) is 16.9 Å². The van der Waals surface area contributed by atoms with Gasteiger partial charge < -0.3 is 31.4 Å². The predicted molar refractivity (Wildman–Crippen MR) is 133 cm³/mol. The molecule has 3 heterocycles. The number of halogens is 1. The monoisotopic (exact) mass is 480 g/mol. The number of hydrogen-bond acceptors (Lipinski definition) is 6. The maximum atomic E-state index is 14.9. The molecule has 5 rings (SSSR count). The number of hydrogen-bond donors (Lipinski definition) is 4. The molecule has 1 amide bonds. The minimum atomic E-state index is -0.724. The zero-order valence-corrected chi connectivity index (χ0v) is 20.0. The molecule has 1 aliphatic heterocycles. The Balaban J connectivity index is 1.19. The standard InChI is InChI=1S/C26H33FN6O2/c1-16-14-31-24-23(16)22(6-9-30-24)35-21-5-2-17(13-20(21)27)12-18(28)15-32-26(25(29)34)7-10-33(11-8-26)19-3-4-19/h2,5-6,9,13-14,18-19,32H,3-4,7-8,10-12,15,28H2,1H3,(H2,29,34)(H,30,31)/t18-/m0/s1. The summed E-state index contributed by atoms with van der Waals surface area (Å²) in [5.41, 5.74) is 13.9. The van der Waals surface area contributed by atoms with E-state index < -0.39 is 11.4 Å². The molecule has 9 heteroatoms. The summed E-state index contributed by atoms with van der Waals surface area (Å²) < 4.78 is 20.8.